The summed E-state index contributed by atoms with van der Waals surface area (Å²) in [5.74, 6) is -2.77. The molecular weight excluding hydrogens is 1020 g/mol. The number of carbonyl (C=O) groups excluding carboxylic acids is 5. The smallest absolute Gasteiger partial charge is 0.417 e. The molecule has 2 aliphatic rings. The average Bonchev–Trinajstić information content (AvgIpc) is 4.08. The van der Waals surface area contributed by atoms with Crippen LogP contribution in [0.25, 0.3) is 21.6 Å². The molecule has 7 rings (SSSR count). The number of amides is 3. The van der Waals surface area contributed by atoms with E-state index < -0.39 is 76.1 Å². The number of nitrogens with one attached hydrogen (secondary N) is 2. The number of anilines is 1. The van der Waals surface area contributed by atoms with Gasteiger partial charge in [0.2, 0.25) is 17.7 Å². The molecule has 3 amide bonds. The molecule has 1 aromatic heterocycles. The molecule has 4 aromatic carbocycles. The van der Waals surface area contributed by atoms with Crippen molar-refractivity contribution < 1.29 is 56.5 Å². The molecule has 0 radical (unpaired) electrons. The molecule has 2 unspecified atom stereocenters. The lowest BCUT2D eigenvalue weighted by Gasteiger charge is -2.35. The van der Waals surface area contributed by atoms with E-state index in [4.69, 9.17) is 26.4 Å². The van der Waals surface area contributed by atoms with E-state index in [0.717, 1.165) is 34.4 Å². The van der Waals surface area contributed by atoms with Crippen LogP contribution in [-0.4, -0.2) is 106 Å². The minimum Gasteiger partial charge on any atom is -0.494 e. The van der Waals surface area contributed by atoms with Crippen LogP contribution in [0.5, 0.6) is 5.75 Å². The number of esters is 1. The third-order valence-electron chi connectivity index (χ3n) is 13.2. The van der Waals surface area contributed by atoms with Gasteiger partial charge < -0.3 is 39.8 Å². The van der Waals surface area contributed by atoms with E-state index in [1.165, 1.54) is 22.3 Å². The highest BCUT2D eigenvalue weighted by Gasteiger charge is 2.52. The number of thiazole rings is 1. The molecule has 0 saturated carbocycles. The number of hydrogen-bond acceptors (Lipinski definition) is 13. The molecular formula is C56H59F3N6O9S2. The van der Waals surface area contributed by atoms with Gasteiger partial charge in [0.15, 0.2) is 11.5 Å². The van der Waals surface area contributed by atoms with Gasteiger partial charge in [-0.3, -0.25) is 19.2 Å². The van der Waals surface area contributed by atoms with Crippen molar-refractivity contribution in [3.8, 4) is 33.4 Å². The summed E-state index contributed by atoms with van der Waals surface area (Å²) in [6, 6.07) is 24.9. The van der Waals surface area contributed by atoms with E-state index in [0.29, 0.717) is 35.8 Å². The standard InChI is InChI=1S/C56H59F3N6O9S2/c1-7-73-53(71)46-47(76-32-62-46)36-12-10-33(11-13-36)29-61-50(69)43-27-40(66)30-64(43)51(70)48(54(2,3)4)63-44(67)31-72-24-8-9-25-74-41-22-18-35(19-23-41)34-16-20-39(21-17-34)65-52(75)45(49(68)55(65,5)6)37-14-15-38(28-60)42(26-37)56(57,58)59/h10-23,26,32,40,43,45,48,66H,7-9,24-25,27,29-31H2,1-6H3,(H,61,69)(H,63,67)/t40-,43+,45?,48?/m1/s1. The Morgan fingerprint density at radius 3 is 2.22 bits per heavy atom. The number of nitriles is 1. The number of aliphatic hydroxyl groups is 1. The first-order chi connectivity index (χ1) is 36.0. The summed E-state index contributed by atoms with van der Waals surface area (Å²) in [7, 11) is 0. The number of halogens is 3. The van der Waals surface area contributed by atoms with Gasteiger partial charge in [-0.15, -0.1) is 11.3 Å². The zero-order chi connectivity index (χ0) is 55.1. The van der Waals surface area contributed by atoms with Crippen molar-refractivity contribution in [3.63, 3.8) is 0 Å². The molecule has 2 aliphatic heterocycles. The predicted octanol–water partition coefficient (Wildman–Crippen LogP) is 8.81. The van der Waals surface area contributed by atoms with Gasteiger partial charge in [0.1, 0.15) is 24.4 Å². The van der Waals surface area contributed by atoms with E-state index in [1.54, 1.807) is 70.2 Å². The SMILES string of the molecule is CCOC(=O)c1ncsc1-c1ccc(CNC(=O)[C@@H]2C[C@@H](O)CN2C(=O)C(NC(=O)COCCCCOc2ccc(-c3ccc(N4C(=S)C(c5ccc(C#N)c(C(F)(F)F)c5)C(=O)C4(C)C)cc3)cc2)C(C)(C)C)cc1. The maximum absolute atomic E-state index is 14.1. The van der Waals surface area contributed by atoms with Crippen LogP contribution in [0, 0.1) is 16.7 Å². The number of carbonyl (C=O) groups is 5. The molecule has 0 bridgehead atoms. The molecule has 15 nitrogen and oxygen atoms in total. The average molecular weight is 1080 g/mol. The Bertz CT molecular complexity index is 2990. The molecule has 5 aromatic rings. The van der Waals surface area contributed by atoms with Gasteiger partial charge >= 0.3 is 12.1 Å². The van der Waals surface area contributed by atoms with Gasteiger partial charge in [-0.1, -0.05) is 87.6 Å². The lowest BCUT2D eigenvalue weighted by Crippen LogP contribution is -2.58. The van der Waals surface area contributed by atoms with Gasteiger partial charge in [0.25, 0.3) is 0 Å². The van der Waals surface area contributed by atoms with E-state index in [9.17, 15) is 47.5 Å². The number of thiocarbonyl (C=S) groups is 1. The molecule has 2 saturated heterocycles. The van der Waals surface area contributed by atoms with Crippen molar-refractivity contribution in [1.29, 1.82) is 5.26 Å². The number of unbranched alkanes of at least 4 members (excludes halogenated alkanes) is 1. The van der Waals surface area contributed by atoms with Crippen LogP contribution >= 0.6 is 23.6 Å². The first kappa shape index (κ1) is 56.7. The second kappa shape index (κ2) is 23.9. The number of hydrogen-bond donors (Lipinski definition) is 3. The van der Waals surface area contributed by atoms with Gasteiger partial charge in [-0.05, 0) is 103 Å². The monoisotopic (exact) mass is 1080 g/mol. The van der Waals surface area contributed by atoms with Crippen molar-refractivity contribution in [2.75, 3.05) is 37.9 Å². The molecule has 400 valence electrons. The molecule has 0 aliphatic carbocycles. The van der Waals surface area contributed by atoms with Crippen LogP contribution in [0.2, 0.25) is 0 Å². The number of alkyl halides is 3. The Morgan fingerprint density at radius 2 is 1.59 bits per heavy atom. The maximum atomic E-state index is 14.1. The van der Waals surface area contributed by atoms with E-state index >= 15 is 0 Å². The summed E-state index contributed by atoms with van der Waals surface area (Å²) in [6.45, 7) is 11.1. The van der Waals surface area contributed by atoms with Crippen molar-refractivity contribution in [1.82, 2.24) is 20.5 Å². The number of ketones is 1. The molecule has 3 heterocycles. The first-order valence-electron chi connectivity index (χ1n) is 24.7. The Morgan fingerprint density at radius 1 is 0.947 bits per heavy atom. The van der Waals surface area contributed by atoms with Gasteiger partial charge in [0.05, 0.1) is 63.3 Å². The molecule has 4 atom stereocenters. The zero-order valence-corrected chi connectivity index (χ0v) is 44.5. The zero-order valence-electron chi connectivity index (χ0n) is 42.9. The number of ether oxygens (including phenoxy) is 3. The van der Waals surface area contributed by atoms with Crippen LogP contribution in [0.15, 0.2) is 96.5 Å². The summed E-state index contributed by atoms with van der Waals surface area (Å²) >= 11 is 7.06. The summed E-state index contributed by atoms with van der Waals surface area (Å²) in [4.78, 5) is 74.7. The lowest BCUT2D eigenvalue weighted by atomic mass is 9.85. The van der Waals surface area contributed by atoms with Gasteiger partial charge in [0, 0.05) is 31.8 Å². The summed E-state index contributed by atoms with van der Waals surface area (Å²) < 4.78 is 58.1. The van der Waals surface area contributed by atoms with Gasteiger partial charge in [-0.2, -0.15) is 18.4 Å². The predicted molar refractivity (Wildman–Crippen MR) is 283 cm³/mol. The summed E-state index contributed by atoms with van der Waals surface area (Å²) in [5, 5.41) is 25.5. The molecule has 2 fully saturated rings. The quantitative estimate of drug-likeness (QED) is 0.0403. The van der Waals surface area contributed by atoms with E-state index in [2.05, 4.69) is 15.6 Å². The normalized spacial score (nSPS) is 17.8. The van der Waals surface area contributed by atoms with Crippen molar-refractivity contribution in [2.45, 2.75) is 103 Å². The Labute approximate surface area is 448 Å². The molecule has 0 spiro atoms. The number of rotatable bonds is 19. The van der Waals surface area contributed by atoms with Crippen LogP contribution in [0.1, 0.15) is 99.5 Å². The fraction of sp³-hybridized carbons (Fsp3) is 0.393. The Balaban J connectivity index is 0.840. The van der Waals surface area contributed by atoms with E-state index in [1.807, 2.05) is 60.7 Å². The Kier molecular flexibility index (Phi) is 17.8. The lowest BCUT2D eigenvalue weighted by molar-refractivity contribution is -0.144. The highest BCUT2D eigenvalue weighted by atomic mass is 32.1. The fourth-order valence-corrected chi connectivity index (χ4v) is 10.6. The number of likely N-dealkylation sites (tertiary alicyclic amines) is 1. The van der Waals surface area contributed by atoms with Crippen molar-refractivity contribution in [3.05, 3.63) is 124 Å². The topological polar surface area (TPSA) is 200 Å². The largest absolute Gasteiger partial charge is 0.494 e. The van der Waals surface area contributed by atoms with Gasteiger partial charge in [-0.25, -0.2) is 9.78 Å². The number of aromatic nitrogens is 1. The van der Waals surface area contributed by atoms with Crippen molar-refractivity contribution in [2.24, 2.45) is 5.41 Å². The number of aliphatic hydroxyl groups excluding tert-OH is 1. The summed E-state index contributed by atoms with van der Waals surface area (Å²) in [6.07, 6.45) is -4.48. The van der Waals surface area contributed by atoms with Crippen LogP contribution in [-0.2, 0) is 41.4 Å². The fourth-order valence-electron chi connectivity index (χ4n) is 9.21. The van der Waals surface area contributed by atoms with Crippen molar-refractivity contribution >= 4 is 63.7 Å². The first-order valence-corrected chi connectivity index (χ1v) is 26.0. The summed E-state index contributed by atoms with van der Waals surface area (Å²) in [5.41, 5.74) is 2.21. The second-order valence-electron chi connectivity index (χ2n) is 20.1. The van der Waals surface area contributed by atoms with Crippen LogP contribution in [0.3, 0.4) is 0 Å². The highest BCUT2D eigenvalue weighted by Crippen LogP contribution is 2.43. The maximum Gasteiger partial charge on any atom is 0.417 e. The van der Waals surface area contributed by atoms with Crippen LogP contribution in [0.4, 0.5) is 18.9 Å². The third-order valence-corrected chi connectivity index (χ3v) is 14.5. The van der Waals surface area contributed by atoms with E-state index in [-0.39, 0.29) is 61.4 Å². The number of benzene rings is 4. The third kappa shape index (κ3) is 13.0. The molecule has 76 heavy (non-hydrogen) atoms. The minimum absolute atomic E-state index is 0.0354. The Hall–Kier alpha value is -7.05. The minimum atomic E-state index is -4.78. The van der Waals surface area contributed by atoms with Crippen LogP contribution < -0.4 is 20.3 Å². The molecule has 3 N–H and O–H groups in total. The highest BCUT2D eigenvalue weighted by molar-refractivity contribution is 7.80. The number of nitrogens with zero attached hydrogens (tertiary/aromatic N) is 4. The number of Topliss-reactive ketones (excluding diaryl/α,β-unsaturated/α-hetero) is 1. The number of β-amino-alcohol motifs (C(OH)–C–C–N with tert-alkyl or cyclic N) is 1. The second-order valence-corrected chi connectivity index (χ2v) is 21.3. The molecule has 20 heteroatoms.